The zero-order chi connectivity index (χ0) is 22.1. The third-order valence-corrected chi connectivity index (χ3v) is 10.3. The number of aliphatic imine (C=N–C) groups is 1. The monoisotopic (exact) mass is 424 g/mol. The molecule has 4 rings (SSSR count). The van der Waals surface area contributed by atoms with Gasteiger partial charge < -0.3 is 5.32 Å². The second kappa shape index (κ2) is 9.54. The molecular formula is C29H48N2. The first-order chi connectivity index (χ1) is 14.9. The van der Waals surface area contributed by atoms with Crippen molar-refractivity contribution >= 4 is 5.71 Å². The fraction of sp³-hybridized carbons (Fsp3) is 0.828. The third kappa shape index (κ3) is 4.23. The fourth-order valence-electron chi connectivity index (χ4n) is 8.80. The Hall–Kier alpha value is -0.890. The van der Waals surface area contributed by atoms with E-state index >= 15 is 0 Å². The van der Waals surface area contributed by atoms with Crippen molar-refractivity contribution in [3.8, 4) is 0 Å². The van der Waals surface area contributed by atoms with E-state index in [2.05, 4.69) is 45.7 Å². The van der Waals surface area contributed by atoms with Crippen LogP contribution < -0.4 is 5.32 Å². The first kappa shape index (κ1) is 23.3. The average molecular weight is 425 g/mol. The third-order valence-electron chi connectivity index (χ3n) is 10.3. The van der Waals surface area contributed by atoms with Crippen molar-refractivity contribution in [3.63, 3.8) is 0 Å². The first-order valence-corrected chi connectivity index (χ1v) is 13.5. The lowest BCUT2D eigenvalue weighted by Crippen LogP contribution is -2.50. The summed E-state index contributed by atoms with van der Waals surface area (Å²) in [6.07, 6.45) is 19.3. The van der Waals surface area contributed by atoms with Gasteiger partial charge in [0.15, 0.2) is 0 Å². The second-order valence-corrected chi connectivity index (χ2v) is 11.8. The van der Waals surface area contributed by atoms with Gasteiger partial charge in [-0.15, -0.1) is 0 Å². The molecule has 7 atom stereocenters. The molecule has 0 aromatic heterocycles. The predicted octanol–water partition coefficient (Wildman–Crippen LogP) is 7.36. The van der Waals surface area contributed by atoms with Crippen LogP contribution >= 0.6 is 0 Å². The summed E-state index contributed by atoms with van der Waals surface area (Å²) < 4.78 is 0. The molecule has 4 fully saturated rings. The van der Waals surface area contributed by atoms with E-state index in [-0.39, 0.29) is 0 Å². The lowest BCUT2D eigenvalue weighted by atomic mass is 9.47. The maximum Gasteiger partial charge on any atom is 0.0403 e. The molecule has 1 N–H and O–H groups in total. The number of hydrogen-bond acceptors (Lipinski definition) is 2. The van der Waals surface area contributed by atoms with Crippen LogP contribution in [0.3, 0.4) is 0 Å². The van der Waals surface area contributed by atoms with Gasteiger partial charge in [-0.25, -0.2) is 0 Å². The van der Waals surface area contributed by atoms with Gasteiger partial charge in [0.25, 0.3) is 0 Å². The average Bonchev–Trinajstić information content (AvgIpc) is 3.37. The van der Waals surface area contributed by atoms with Crippen molar-refractivity contribution < 1.29 is 0 Å². The highest BCUT2D eigenvalue weighted by Gasteiger charge is 2.58. The van der Waals surface area contributed by atoms with Crippen LogP contribution in [0, 0.1) is 34.5 Å². The Morgan fingerprint density at radius 1 is 1.16 bits per heavy atom. The summed E-state index contributed by atoms with van der Waals surface area (Å²) in [5, 5.41) is 3.63. The van der Waals surface area contributed by atoms with E-state index in [1.165, 1.54) is 82.9 Å². The van der Waals surface area contributed by atoms with Crippen LogP contribution in [0.1, 0.15) is 98.3 Å². The van der Waals surface area contributed by atoms with Gasteiger partial charge in [0.1, 0.15) is 0 Å². The van der Waals surface area contributed by atoms with Crippen molar-refractivity contribution in [2.75, 3.05) is 13.1 Å². The van der Waals surface area contributed by atoms with E-state index in [1.807, 2.05) is 6.08 Å². The summed E-state index contributed by atoms with van der Waals surface area (Å²) in [7, 11) is 0. The molecule has 2 heteroatoms. The number of rotatable bonds is 7. The van der Waals surface area contributed by atoms with E-state index in [4.69, 9.17) is 4.99 Å². The Labute approximate surface area is 192 Å². The first-order valence-electron chi connectivity index (χ1n) is 13.5. The van der Waals surface area contributed by atoms with Crippen LogP contribution in [0.15, 0.2) is 29.3 Å². The maximum absolute atomic E-state index is 5.16. The molecule has 0 spiro atoms. The summed E-state index contributed by atoms with van der Waals surface area (Å²) >= 11 is 0. The van der Waals surface area contributed by atoms with Gasteiger partial charge in [0.05, 0.1) is 0 Å². The SMILES string of the molecule is C=C/C=C1/CCC2C(CCC3(C)C(C(C)=NCCC4CCCN4)CCC23)C1(C)CCC. The Kier molecular flexibility index (Phi) is 7.16. The van der Waals surface area contributed by atoms with Gasteiger partial charge >= 0.3 is 0 Å². The standard InChI is InChI=1S/C29H48N2/c1-6-9-22-11-12-24-26-14-13-25(21(3)30-20-16-23-10-8-19-31-23)29(26,5)18-15-27(24)28(22,4)17-7-2/h6,9,23-27,31H,1,7-8,10-20H2,2-5H3/b22-9-,30-21?. The van der Waals surface area contributed by atoms with E-state index in [0.29, 0.717) is 10.8 Å². The molecule has 0 aromatic carbocycles. The van der Waals surface area contributed by atoms with Crippen molar-refractivity contribution in [1.82, 2.24) is 5.32 Å². The van der Waals surface area contributed by atoms with Gasteiger partial charge in [0.2, 0.25) is 0 Å². The normalized spacial score (nSPS) is 44.3. The minimum Gasteiger partial charge on any atom is -0.314 e. The van der Waals surface area contributed by atoms with Gasteiger partial charge in [-0.05, 0) is 106 Å². The van der Waals surface area contributed by atoms with Crippen molar-refractivity contribution in [2.45, 2.75) is 104 Å². The highest BCUT2D eigenvalue weighted by Crippen LogP contribution is 2.66. The van der Waals surface area contributed by atoms with Crippen LogP contribution in [0.4, 0.5) is 0 Å². The molecule has 1 heterocycles. The molecule has 0 amide bonds. The van der Waals surface area contributed by atoms with Crippen LogP contribution in [-0.2, 0) is 0 Å². The smallest absolute Gasteiger partial charge is 0.0403 e. The Bertz CT molecular complexity index is 700. The molecular weight excluding hydrogens is 376 g/mol. The van der Waals surface area contributed by atoms with Crippen molar-refractivity contribution in [3.05, 3.63) is 24.3 Å². The fourth-order valence-corrected chi connectivity index (χ4v) is 8.80. The molecule has 174 valence electrons. The zero-order valence-electron chi connectivity index (χ0n) is 20.9. The molecule has 0 bridgehead atoms. The highest BCUT2D eigenvalue weighted by atomic mass is 14.9. The minimum atomic E-state index is 0.392. The number of nitrogens with one attached hydrogen (secondary N) is 1. The molecule has 0 radical (unpaired) electrons. The second-order valence-electron chi connectivity index (χ2n) is 11.8. The number of hydrogen-bond donors (Lipinski definition) is 1. The van der Waals surface area contributed by atoms with Gasteiger partial charge in [-0.3, -0.25) is 4.99 Å². The molecule has 0 aromatic rings. The number of fused-ring (bicyclic) bond motifs is 3. The Morgan fingerprint density at radius 2 is 2.00 bits per heavy atom. The molecule has 2 nitrogen and oxygen atoms in total. The summed E-state index contributed by atoms with van der Waals surface area (Å²) in [5.74, 6) is 3.41. The minimum absolute atomic E-state index is 0.392. The summed E-state index contributed by atoms with van der Waals surface area (Å²) in [6, 6.07) is 0.718. The Balaban J connectivity index is 1.49. The lowest BCUT2D eigenvalue weighted by molar-refractivity contribution is -0.0408. The van der Waals surface area contributed by atoms with Crippen LogP contribution in [0.2, 0.25) is 0 Å². The lowest BCUT2D eigenvalue weighted by Gasteiger charge is -2.57. The molecule has 4 aliphatic rings. The van der Waals surface area contributed by atoms with E-state index in [9.17, 15) is 0 Å². The van der Waals surface area contributed by atoms with Gasteiger partial charge in [-0.1, -0.05) is 51.5 Å². The van der Waals surface area contributed by atoms with Crippen LogP contribution in [-0.4, -0.2) is 24.8 Å². The summed E-state index contributed by atoms with van der Waals surface area (Å²) in [5.41, 5.74) is 4.04. The zero-order valence-corrected chi connectivity index (χ0v) is 20.9. The largest absolute Gasteiger partial charge is 0.314 e. The molecule has 1 aliphatic heterocycles. The van der Waals surface area contributed by atoms with Gasteiger partial charge in [0, 0.05) is 24.2 Å². The van der Waals surface area contributed by atoms with Crippen LogP contribution in [0.25, 0.3) is 0 Å². The summed E-state index contributed by atoms with van der Waals surface area (Å²) in [6.45, 7) is 16.2. The van der Waals surface area contributed by atoms with E-state index in [1.54, 1.807) is 5.57 Å². The van der Waals surface area contributed by atoms with E-state index < -0.39 is 0 Å². The topological polar surface area (TPSA) is 24.4 Å². The predicted molar refractivity (Wildman–Crippen MR) is 135 cm³/mol. The van der Waals surface area contributed by atoms with Gasteiger partial charge in [-0.2, -0.15) is 0 Å². The molecule has 1 saturated heterocycles. The quantitative estimate of drug-likeness (QED) is 0.424. The molecule has 7 unspecified atom stereocenters. The summed E-state index contributed by atoms with van der Waals surface area (Å²) in [4.78, 5) is 5.16. The maximum atomic E-state index is 5.16. The molecule has 3 saturated carbocycles. The highest BCUT2D eigenvalue weighted by molar-refractivity contribution is 5.85. The molecule has 3 aliphatic carbocycles. The number of nitrogens with zero attached hydrogens (tertiary/aromatic N) is 1. The number of allylic oxidation sites excluding steroid dienone is 3. The van der Waals surface area contributed by atoms with Crippen molar-refractivity contribution in [2.24, 2.45) is 39.5 Å². The van der Waals surface area contributed by atoms with Crippen LogP contribution in [0.5, 0.6) is 0 Å². The molecule has 31 heavy (non-hydrogen) atoms. The van der Waals surface area contributed by atoms with E-state index in [0.717, 1.165) is 36.3 Å². The Morgan fingerprint density at radius 3 is 2.71 bits per heavy atom. The van der Waals surface area contributed by atoms with Crippen molar-refractivity contribution in [1.29, 1.82) is 0 Å².